The summed E-state index contributed by atoms with van der Waals surface area (Å²) < 4.78 is 0.806. The molecule has 2 amide bonds. The summed E-state index contributed by atoms with van der Waals surface area (Å²) in [4.78, 5) is 40.2. The minimum absolute atomic E-state index is 0.0581. The van der Waals surface area contributed by atoms with Crippen molar-refractivity contribution in [3.8, 4) is 0 Å². The van der Waals surface area contributed by atoms with Gasteiger partial charge in [-0.25, -0.2) is 4.79 Å². The number of hydrogen-bond donors (Lipinski definition) is 3. The molecule has 9 nitrogen and oxygen atoms in total. The van der Waals surface area contributed by atoms with E-state index in [1.807, 2.05) is 6.07 Å². The van der Waals surface area contributed by atoms with Gasteiger partial charge in [-0.1, -0.05) is 56.4 Å². The molecule has 0 unspecified atom stereocenters. The zero-order chi connectivity index (χ0) is 25.8. The maximum Gasteiger partial charge on any atom is 0.434 e. The second-order valence-corrected chi connectivity index (χ2v) is 16.3. The minimum Gasteiger partial charge on any atom is -0.507 e. The van der Waals surface area contributed by atoms with E-state index in [0.717, 1.165) is 30.0 Å². The maximum absolute atomic E-state index is 13.5. The van der Waals surface area contributed by atoms with Gasteiger partial charge in [0.25, 0.3) is 5.91 Å². The summed E-state index contributed by atoms with van der Waals surface area (Å²) in [6.07, 6.45) is 2.40. The molecule has 2 aromatic rings. The molecule has 0 radical (unpaired) electrons. The van der Waals surface area contributed by atoms with E-state index in [2.05, 4.69) is 30.1 Å². The zero-order valence-corrected chi connectivity index (χ0v) is 21.8. The second kappa shape index (κ2) is 8.37. The number of anilines is 1. The molecule has 1 aromatic heterocycles. The molecule has 1 aliphatic carbocycles. The van der Waals surface area contributed by atoms with Crippen molar-refractivity contribution in [2.45, 2.75) is 69.9 Å². The van der Waals surface area contributed by atoms with E-state index in [9.17, 15) is 24.6 Å². The molecular formula is C25H32N4O5Si. The van der Waals surface area contributed by atoms with Gasteiger partial charge in [-0.05, 0) is 26.7 Å². The minimum atomic E-state index is -1.89. The van der Waals surface area contributed by atoms with Crippen molar-refractivity contribution in [2.75, 3.05) is 5.32 Å². The van der Waals surface area contributed by atoms with E-state index >= 15 is 0 Å². The Morgan fingerprint density at radius 1 is 1.09 bits per heavy atom. The van der Waals surface area contributed by atoms with E-state index in [0.29, 0.717) is 16.8 Å². The lowest BCUT2D eigenvalue weighted by Crippen LogP contribution is -2.52. The molecule has 2 aliphatic rings. The number of carboxylic acid groups (broad SMARTS) is 1. The van der Waals surface area contributed by atoms with Gasteiger partial charge in [-0.3, -0.25) is 9.59 Å². The molecule has 3 N–H and O–H groups in total. The number of rotatable bonds is 5. The topological polar surface area (TPSA) is 125 Å². The van der Waals surface area contributed by atoms with Gasteiger partial charge >= 0.3 is 6.09 Å². The predicted octanol–water partition coefficient (Wildman–Crippen LogP) is 4.79. The quantitative estimate of drug-likeness (QED) is 0.311. The third kappa shape index (κ3) is 3.95. The van der Waals surface area contributed by atoms with Gasteiger partial charge in [-0.15, -0.1) is 4.68 Å². The number of benzene rings is 1. The summed E-state index contributed by atoms with van der Waals surface area (Å²) in [6, 6.07) is 8.73. The van der Waals surface area contributed by atoms with E-state index in [-0.39, 0.29) is 24.0 Å². The summed E-state index contributed by atoms with van der Waals surface area (Å²) in [5.74, 6) is -0.674. The average Bonchev–Trinajstić information content (AvgIpc) is 3.21. The summed E-state index contributed by atoms with van der Waals surface area (Å²) in [6.45, 7) is 10.1. The summed E-state index contributed by atoms with van der Waals surface area (Å²) in [7, 11) is -1.89. The van der Waals surface area contributed by atoms with E-state index < -0.39 is 30.7 Å². The molecule has 35 heavy (non-hydrogen) atoms. The van der Waals surface area contributed by atoms with Crippen LogP contribution in [0.5, 0.6) is 0 Å². The molecule has 0 bridgehead atoms. The molecule has 1 fully saturated rings. The maximum atomic E-state index is 13.5. The molecule has 4 rings (SSSR count). The Morgan fingerprint density at radius 3 is 2.23 bits per heavy atom. The molecule has 10 heteroatoms. The fraction of sp³-hybridized carbons (Fsp3) is 0.440. The first-order valence-corrected chi connectivity index (χ1v) is 15.2. The predicted molar refractivity (Wildman–Crippen MR) is 135 cm³/mol. The number of hydrogen-bond acceptors (Lipinski definition) is 5. The number of nitrogens with zero attached hydrogens (tertiary/aromatic N) is 3. The number of aromatic nitrogens is 2. The molecule has 0 saturated heterocycles. The van der Waals surface area contributed by atoms with Crippen molar-refractivity contribution in [1.29, 1.82) is 0 Å². The first kappa shape index (κ1) is 24.7. The first-order chi connectivity index (χ1) is 16.3. The number of amides is 2. The Balaban J connectivity index is 1.68. The van der Waals surface area contributed by atoms with Crippen molar-refractivity contribution in [3.63, 3.8) is 0 Å². The molecule has 1 aromatic carbocycles. The number of carbonyl (C=O) groups excluding carboxylic acids is 2. The Bertz CT molecular complexity index is 1220. The third-order valence-electron chi connectivity index (χ3n) is 7.64. The van der Waals surface area contributed by atoms with Gasteiger partial charge in [-0.2, -0.15) is 5.10 Å². The van der Waals surface area contributed by atoms with Gasteiger partial charge < -0.3 is 20.4 Å². The van der Waals surface area contributed by atoms with Crippen molar-refractivity contribution in [1.82, 2.24) is 14.7 Å². The smallest absolute Gasteiger partial charge is 0.434 e. The first-order valence-electron chi connectivity index (χ1n) is 11.7. The SMILES string of the molecule is CC1(C)c2nn(C(=O)O)c(NC(=O)C3([Si](C)(C)C)CCC3)c2CN1C(=O)C=C(O)c1ccccc1. The fourth-order valence-corrected chi connectivity index (χ4v) is 7.76. The highest BCUT2D eigenvalue weighted by molar-refractivity contribution is 6.83. The van der Waals surface area contributed by atoms with Crippen molar-refractivity contribution < 1.29 is 24.6 Å². The lowest BCUT2D eigenvalue weighted by Gasteiger charge is -2.48. The molecule has 2 heterocycles. The highest BCUT2D eigenvalue weighted by atomic mass is 28.3. The second-order valence-electron chi connectivity index (χ2n) is 10.9. The van der Waals surface area contributed by atoms with Crippen LogP contribution in [0.15, 0.2) is 36.4 Å². The standard InChI is InChI=1S/C25H32N4O5Si/c1-24(2)20-17(15-28(24)19(31)14-18(30)16-10-7-6-8-11-16)21(29(27-20)23(33)34)26-22(32)25(12-9-13-25)35(3,4)5/h6-8,10-11,14,30H,9,12-13,15H2,1-5H3,(H,26,32)(H,33,34). The van der Waals surface area contributed by atoms with Crippen LogP contribution in [0.2, 0.25) is 24.7 Å². The van der Waals surface area contributed by atoms with Crippen LogP contribution in [-0.4, -0.2) is 50.9 Å². The largest absolute Gasteiger partial charge is 0.507 e. The molecule has 1 aliphatic heterocycles. The molecule has 0 atom stereocenters. The van der Waals surface area contributed by atoms with E-state index in [1.54, 1.807) is 38.1 Å². The molecule has 0 spiro atoms. The van der Waals surface area contributed by atoms with Crippen molar-refractivity contribution in [2.24, 2.45) is 0 Å². The van der Waals surface area contributed by atoms with Gasteiger partial charge in [0.05, 0.1) is 25.9 Å². The van der Waals surface area contributed by atoms with Crippen LogP contribution in [0.3, 0.4) is 0 Å². The highest BCUT2D eigenvalue weighted by Gasteiger charge is 2.54. The monoisotopic (exact) mass is 496 g/mol. The van der Waals surface area contributed by atoms with Crippen LogP contribution in [0.1, 0.15) is 49.9 Å². The Kier molecular flexibility index (Phi) is 5.91. The average molecular weight is 497 g/mol. The lowest BCUT2D eigenvalue weighted by atomic mass is 9.83. The number of fused-ring (bicyclic) bond motifs is 1. The van der Waals surface area contributed by atoms with E-state index in [1.165, 1.54) is 4.90 Å². The number of nitrogens with one attached hydrogen (secondary N) is 1. The van der Waals surface area contributed by atoms with E-state index in [4.69, 9.17) is 0 Å². The summed E-state index contributed by atoms with van der Waals surface area (Å²) in [5, 5.41) is 27.0. The number of carbonyl (C=O) groups is 3. The molecule has 186 valence electrons. The number of aliphatic hydroxyl groups excluding tert-OH is 1. The normalized spacial score (nSPS) is 18.5. The molecule has 1 saturated carbocycles. The lowest BCUT2D eigenvalue weighted by molar-refractivity contribution is -0.131. The summed E-state index contributed by atoms with van der Waals surface area (Å²) in [5.41, 5.74) is 0.466. The number of aliphatic hydroxyl groups is 1. The highest BCUT2D eigenvalue weighted by Crippen LogP contribution is 2.56. The van der Waals surface area contributed by atoms with Crippen LogP contribution < -0.4 is 5.32 Å². The van der Waals surface area contributed by atoms with Crippen LogP contribution in [0.25, 0.3) is 5.76 Å². The van der Waals surface area contributed by atoms with Gasteiger partial charge in [0.1, 0.15) is 11.6 Å². The van der Waals surface area contributed by atoms with Gasteiger partial charge in [0.15, 0.2) is 0 Å². The zero-order valence-electron chi connectivity index (χ0n) is 20.8. The molecular weight excluding hydrogens is 464 g/mol. The Labute approximate surface area is 205 Å². The fourth-order valence-electron chi connectivity index (χ4n) is 5.16. The van der Waals surface area contributed by atoms with Gasteiger partial charge in [0, 0.05) is 22.2 Å². The van der Waals surface area contributed by atoms with Crippen LogP contribution in [-0.2, 0) is 21.7 Å². The van der Waals surface area contributed by atoms with Gasteiger partial charge in [0.2, 0.25) is 5.91 Å². The van der Waals surface area contributed by atoms with Crippen LogP contribution in [0.4, 0.5) is 10.6 Å². The van der Waals surface area contributed by atoms with Crippen LogP contribution in [0, 0.1) is 0 Å². The van der Waals surface area contributed by atoms with Crippen LogP contribution >= 0.6 is 0 Å². The summed E-state index contributed by atoms with van der Waals surface area (Å²) >= 11 is 0. The van der Waals surface area contributed by atoms with Crippen molar-refractivity contribution in [3.05, 3.63) is 53.2 Å². The third-order valence-corrected chi connectivity index (χ3v) is 11.2. The Morgan fingerprint density at radius 2 is 1.71 bits per heavy atom. The Hall–Kier alpha value is -3.40. The van der Waals surface area contributed by atoms with Crippen molar-refractivity contribution >= 4 is 37.6 Å².